The number of alkyl halides is 6. The number of amides is 3. The second-order valence-corrected chi connectivity index (χ2v) is 8.11. The van der Waals surface area contributed by atoms with E-state index in [0.29, 0.717) is 23.8 Å². The minimum absolute atomic E-state index is 0.0131. The molecule has 0 spiro atoms. The number of halogens is 6. The fourth-order valence-electron chi connectivity index (χ4n) is 3.63. The maximum atomic E-state index is 13.7. The molecule has 3 amide bonds. The van der Waals surface area contributed by atoms with Crippen LogP contribution in [0, 0.1) is 5.92 Å². The zero-order chi connectivity index (χ0) is 25.3. The fraction of sp³-hybridized carbons (Fsp3) is 0.550. The summed E-state index contributed by atoms with van der Waals surface area (Å²) in [6.45, 7) is -2.07. The van der Waals surface area contributed by atoms with E-state index in [4.69, 9.17) is 10.5 Å². The Balaban J connectivity index is 1.89. The average molecular weight is 496 g/mol. The van der Waals surface area contributed by atoms with Crippen molar-refractivity contribution in [1.29, 1.82) is 0 Å². The first kappa shape index (κ1) is 25.7. The molecule has 3 rings (SSSR count). The Morgan fingerprint density at radius 3 is 2.41 bits per heavy atom. The summed E-state index contributed by atoms with van der Waals surface area (Å²) in [5.41, 5.74) is 2.95. The van der Waals surface area contributed by atoms with Crippen LogP contribution in [0.15, 0.2) is 18.2 Å². The third-order valence-corrected chi connectivity index (χ3v) is 5.32. The van der Waals surface area contributed by atoms with Gasteiger partial charge < -0.3 is 20.7 Å². The molecule has 1 aliphatic carbocycles. The van der Waals surface area contributed by atoms with Gasteiger partial charge in [0.2, 0.25) is 5.91 Å². The fourth-order valence-corrected chi connectivity index (χ4v) is 3.63. The molecule has 0 aromatic heterocycles. The molecule has 1 aromatic carbocycles. The third kappa shape index (κ3) is 6.59. The first-order valence-electron chi connectivity index (χ1n) is 10.3. The number of hydrogen-bond acceptors (Lipinski definition) is 5. The minimum atomic E-state index is -4.99. The van der Waals surface area contributed by atoms with E-state index in [1.807, 2.05) is 5.32 Å². The molecule has 1 atom stereocenters. The molecule has 0 unspecified atom stereocenters. The lowest BCUT2D eigenvalue weighted by molar-refractivity contribution is -0.157. The highest BCUT2D eigenvalue weighted by Crippen LogP contribution is 2.38. The van der Waals surface area contributed by atoms with Gasteiger partial charge in [0.15, 0.2) is 6.04 Å². The van der Waals surface area contributed by atoms with E-state index in [9.17, 15) is 40.7 Å². The molecular weight excluding hydrogens is 474 g/mol. The second kappa shape index (κ2) is 9.78. The molecule has 34 heavy (non-hydrogen) atoms. The van der Waals surface area contributed by atoms with Crippen molar-refractivity contribution >= 4 is 29.1 Å². The van der Waals surface area contributed by atoms with Gasteiger partial charge in [0.25, 0.3) is 11.8 Å². The van der Waals surface area contributed by atoms with Crippen molar-refractivity contribution in [2.75, 3.05) is 43.1 Å². The van der Waals surface area contributed by atoms with Crippen LogP contribution >= 0.6 is 0 Å². The lowest BCUT2D eigenvalue weighted by Gasteiger charge is -2.30. The van der Waals surface area contributed by atoms with Gasteiger partial charge in [0.05, 0.1) is 24.4 Å². The largest absolute Gasteiger partial charge is 0.418 e. The molecule has 8 nitrogen and oxygen atoms in total. The van der Waals surface area contributed by atoms with Gasteiger partial charge in [-0.3, -0.25) is 19.3 Å². The van der Waals surface area contributed by atoms with E-state index in [-0.39, 0.29) is 37.9 Å². The Morgan fingerprint density at radius 1 is 1.21 bits per heavy atom. The SMILES string of the molecule is NC(=O)[C@@H](C(=O)Nc1ccc(N2CCOCC2=O)cc1C(F)(F)F)N(CC1CC1)CC(F)(F)F. The van der Waals surface area contributed by atoms with Gasteiger partial charge in [-0.2, -0.15) is 26.3 Å². The molecule has 3 N–H and O–H groups in total. The Labute approximate surface area is 190 Å². The quantitative estimate of drug-likeness (QED) is 0.424. The number of carbonyl (C=O) groups excluding carboxylic acids is 3. The van der Waals surface area contributed by atoms with Crippen LogP contribution in [-0.4, -0.2) is 67.7 Å². The standard InChI is InChI=1S/C20H22F6N4O4/c21-19(22,23)10-29(8-11-1-2-11)16(17(27)32)18(33)28-14-4-3-12(7-13(14)20(24,25)26)30-5-6-34-9-15(30)31/h3-4,7,11,16H,1-2,5-6,8-10H2,(H2,27,32)(H,28,33)/t16-/m0/s1. The number of rotatable bonds is 8. The van der Waals surface area contributed by atoms with Crippen molar-refractivity contribution in [3.8, 4) is 0 Å². The molecule has 188 valence electrons. The molecule has 1 saturated heterocycles. The van der Waals surface area contributed by atoms with Gasteiger partial charge in [0, 0.05) is 18.8 Å². The topological polar surface area (TPSA) is 105 Å². The number of nitrogens with two attached hydrogens (primary N) is 1. The molecule has 2 fully saturated rings. The lowest BCUT2D eigenvalue weighted by Crippen LogP contribution is -2.55. The van der Waals surface area contributed by atoms with E-state index >= 15 is 0 Å². The first-order valence-corrected chi connectivity index (χ1v) is 10.3. The van der Waals surface area contributed by atoms with E-state index in [2.05, 4.69) is 0 Å². The van der Waals surface area contributed by atoms with Crippen LogP contribution in [0.5, 0.6) is 0 Å². The van der Waals surface area contributed by atoms with Gasteiger partial charge in [-0.1, -0.05) is 0 Å². The predicted molar refractivity (Wildman–Crippen MR) is 107 cm³/mol. The van der Waals surface area contributed by atoms with Crippen molar-refractivity contribution in [2.24, 2.45) is 11.7 Å². The highest BCUT2D eigenvalue weighted by atomic mass is 19.4. The van der Waals surface area contributed by atoms with Crippen LogP contribution in [0.2, 0.25) is 0 Å². The zero-order valence-corrected chi connectivity index (χ0v) is 17.7. The normalized spacial score (nSPS) is 18.2. The summed E-state index contributed by atoms with van der Waals surface area (Å²) in [7, 11) is 0. The van der Waals surface area contributed by atoms with Crippen LogP contribution in [0.3, 0.4) is 0 Å². The predicted octanol–water partition coefficient (Wildman–Crippen LogP) is 2.14. The highest BCUT2D eigenvalue weighted by Gasteiger charge is 2.42. The molecule has 2 aliphatic rings. The van der Waals surface area contributed by atoms with Gasteiger partial charge >= 0.3 is 12.4 Å². The summed E-state index contributed by atoms with van der Waals surface area (Å²) in [6.07, 6.45) is -8.56. The summed E-state index contributed by atoms with van der Waals surface area (Å²) in [5.74, 6) is -3.58. The van der Waals surface area contributed by atoms with Gasteiger partial charge in [-0.25, -0.2) is 0 Å². The molecule has 1 aromatic rings. The number of benzene rings is 1. The van der Waals surface area contributed by atoms with E-state index < -0.39 is 53.9 Å². The Kier molecular flexibility index (Phi) is 7.41. The number of carbonyl (C=O) groups is 3. The number of anilines is 2. The summed E-state index contributed by atoms with van der Waals surface area (Å²) in [6, 6.07) is 0.510. The van der Waals surface area contributed by atoms with E-state index in [0.717, 1.165) is 17.0 Å². The number of ether oxygens (including phenoxy) is 1. The molecule has 1 heterocycles. The molecule has 1 saturated carbocycles. The number of morpholine rings is 1. The van der Waals surface area contributed by atoms with E-state index in [1.54, 1.807) is 0 Å². The van der Waals surface area contributed by atoms with Crippen LogP contribution in [0.25, 0.3) is 0 Å². The number of nitrogens with one attached hydrogen (secondary N) is 1. The Bertz CT molecular complexity index is 948. The van der Waals surface area contributed by atoms with Gasteiger partial charge in [-0.15, -0.1) is 0 Å². The highest BCUT2D eigenvalue weighted by molar-refractivity contribution is 6.10. The summed E-state index contributed by atoms with van der Waals surface area (Å²) >= 11 is 0. The minimum Gasteiger partial charge on any atom is -0.370 e. The first-order chi connectivity index (χ1) is 15.8. The third-order valence-electron chi connectivity index (χ3n) is 5.32. The lowest BCUT2D eigenvalue weighted by atomic mass is 10.1. The van der Waals surface area contributed by atoms with Crippen LogP contribution in [0.1, 0.15) is 18.4 Å². The van der Waals surface area contributed by atoms with Crippen LogP contribution in [0.4, 0.5) is 37.7 Å². The van der Waals surface area contributed by atoms with E-state index in [1.165, 1.54) is 0 Å². The summed E-state index contributed by atoms with van der Waals surface area (Å²) in [5, 5.41) is 1.90. The molecule has 14 heteroatoms. The Hall–Kier alpha value is -2.87. The van der Waals surface area contributed by atoms with Gasteiger partial charge in [-0.05, 0) is 37.0 Å². The van der Waals surface area contributed by atoms with Crippen molar-refractivity contribution < 1.29 is 45.5 Å². The summed E-state index contributed by atoms with van der Waals surface area (Å²) in [4.78, 5) is 38.2. The maximum Gasteiger partial charge on any atom is 0.418 e. The van der Waals surface area contributed by atoms with Crippen molar-refractivity contribution in [3.05, 3.63) is 23.8 Å². The maximum absolute atomic E-state index is 13.7. The van der Waals surface area contributed by atoms with Gasteiger partial charge in [0.1, 0.15) is 6.61 Å². The number of primary amides is 1. The Morgan fingerprint density at radius 2 is 1.88 bits per heavy atom. The molecule has 0 radical (unpaired) electrons. The number of nitrogens with zero attached hydrogens (tertiary/aromatic N) is 2. The smallest absolute Gasteiger partial charge is 0.370 e. The zero-order valence-electron chi connectivity index (χ0n) is 17.7. The average Bonchev–Trinajstić information content (AvgIpc) is 3.50. The molecular formula is C20H22F6N4O4. The van der Waals surface area contributed by atoms with Crippen molar-refractivity contribution in [3.63, 3.8) is 0 Å². The van der Waals surface area contributed by atoms with Crippen molar-refractivity contribution in [2.45, 2.75) is 31.2 Å². The molecule has 0 bridgehead atoms. The van der Waals surface area contributed by atoms with Crippen LogP contribution < -0.4 is 16.0 Å². The second-order valence-electron chi connectivity index (χ2n) is 8.11. The number of hydrogen-bond donors (Lipinski definition) is 2. The molecule has 1 aliphatic heterocycles. The van der Waals surface area contributed by atoms with Crippen molar-refractivity contribution in [1.82, 2.24) is 4.90 Å². The van der Waals surface area contributed by atoms with Crippen LogP contribution in [-0.2, 0) is 25.3 Å². The summed E-state index contributed by atoms with van der Waals surface area (Å²) < 4.78 is 85.3. The monoisotopic (exact) mass is 496 g/mol.